The molecule has 2 aromatic heterocycles. The molecule has 0 radical (unpaired) electrons. The predicted molar refractivity (Wildman–Crippen MR) is 147 cm³/mol. The van der Waals surface area contributed by atoms with Crippen LogP contribution in [0.5, 0.6) is 11.5 Å². The average molecular weight is 560 g/mol. The van der Waals surface area contributed by atoms with Crippen LogP contribution in [0.2, 0.25) is 0 Å². The number of hydrogen-bond acceptors (Lipinski definition) is 12. The van der Waals surface area contributed by atoms with E-state index in [1.807, 2.05) is 0 Å². The van der Waals surface area contributed by atoms with Gasteiger partial charge in [-0.15, -0.1) is 0 Å². The Morgan fingerprint density at radius 2 is 1.73 bits per heavy atom. The molecule has 0 fully saturated rings. The SMILES string of the molecule is Nc1nc(N)c2nc(CNc3ccc(C(=O)NC(CCC(=O)Nc4ccc5c(c4)OCO5)C(=O)O)cc3)cnc2n1. The summed E-state index contributed by atoms with van der Waals surface area (Å²) >= 11 is 0. The first-order valence-corrected chi connectivity index (χ1v) is 12.4. The van der Waals surface area contributed by atoms with Crippen LogP contribution < -0.4 is 36.9 Å². The molecule has 0 saturated carbocycles. The first-order valence-electron chi connectivity index (χ1n) is 12.4. The number of ether oxygens (including phenoxy) is 2. The Hall–Kier alpha value is -5.73. The fourth-order valence-electron chi connectivity index (χ4n) is 3.97. The van der Waals surface area contributed by atoms with E-state index >= 15 is 0 Å². The van der Waals surface area contributed by atoms with Crippen LogP contribution in [0, 0.1) is 0 Å². The highest BCUT2D eigenvalue weighted by Gasteiger charge is 2.22. The number of nitrogen functional groups attached to an aromatic ring is 2. The van der Waals surface area contributed by atoms with Gasteiger partial charge in [-0.2, -0.15) is 9.97 Å². The van der Waals surface area contributed by atoms with E-state index < -0.39 is 23.8 Å². The monoisotopic (exact) mass is 559 g/mol. The Kier molecular flexibility index (Phi) is 7.58. The first-order chi connectivity index (χ1) is 19.7. The lowest BCUT2D eigenvalue weighted by molar-refractivity contribution is -0.139. The maximum absolute atomic E-state index is 12.7. The number of fused-ring (bicyclic) bond motifs is 2. The zero-order valence-corrected chi connectivity index (χ0v) is 21.5. The van der Waals surface area contributed by atoms with Crippen LogP contribution in [0.3, 0.4) is 0 Å². The summed E-state index contributed by atoms with van der Waals surface area (Å²) in [5.74, 6) is -1.02. The number of carboxylic acid groups (broad SMARTS) is 1. The number of aliphatic carboxylic acids is 1. The Labute approximate surface area is 232 Å². The lowest BCUT2D eigenvalue weighted by atomic mass is 10.1. The lowest BCUT2D eigenvalue weighted by Crippen LogP contribution is -2.41. The number of carbonyl (C=O) groups excluding carboxylic acids is 2. The third kappa shape index (κ3) is 6.47. The van der Waals surface area contributed by atoms with Gasteiger partial charge in [0.15, 0.2) is 28.5 Å². The molecule has 0 aliphatic carbocycles. The number of nitrogens with zero attached hydrogens (tertiary/aromatic N) is 4. The van der Waals surface area contributed by atoms with Crippen molar-refractivity contribution in [1.29, 1.82) is 0 Å². The summed E-state index contributed by atoms with van der Waals surface area (Å²) < 4.78 is 10.5. The zero-order valence-electron chi connectivity index (χ0n) is 21.5. The van der Waals surface area contributed by atoms with Gasteiger partial charge in [0.05, 0.1) is 18.4 Å². The maximum Gasteiger partial charge on any atom is 0.326 e. The highest BCUT2D eigenvalue weighted by atomic mass is 16.7. The molecule has 1 unspecified atom stereocenters. The van der Waals surface area contributed by atoms with E-state index in [1.165, 1.54) is 6.20 Å². The van der Waals surface area contributed by atoms with Crippen molar-refractivity contribution in [1.82, 2.24) is 25.3 Å². The second-order valence-corrected chi connectivity index (χ2v) is 8.95. The summed E-state index contributed by atoms with van der Waals surface area (Å²) in [7, 11) is 0. The molecule has 0 saturated heterocycles. The molecule has 2 amide bonds. The highest BCUT2D eigenvalue weighted by molar-refractivity contribution is 5.97. The number of nitrogens with two attached hydrogens (primary N) is 2. The molecule has 8 N–H and O–H groups in total. The van der Waals surface area contributed by atoms with Gasteiger partial charge in [0.25, 0.3) is 5.91 Å². The van der Waals surface area contributed by atoms with Gasteiger partial charge in [-0.1, -0.05) is 0 Å². The molecule has 1 aliphatic heterocycles. The third-order valence-electron chi connectivity index (χ3n) is 6.04. The van der Waals surface area contributed by atoms with Gasteiger partial charge in [-0.05, 0) is 42.8 Å². The fraction of sp³-hybridized carbons (Fsp3) is 0.192. The van der Waals surface area contributed by atoms with Gasteiger partial charge in [0, 0.05) is 29.4 Å². The molecule has 15 heteroatoms. The number of amides is 2. The van der Waals surface area contributed by atoms with E-state index in [0.29, 0.717) is 46.3 Å². The van der Waals surface area contributed by atoms with E-state index in [0.717, 1.165) is 0 Å². The number of hydrogen-bond donors (Lipinski definition) is 6. The quantitative estimate of drug-likeness (QED) is 0.162. The number of rotatable bonds is 10. The number of carbonyl (C=O) groups is 3. The highest BCUT2D eigenvalue weighted by Crippen LogP contribution is 2.34. The van der Waals surface area contributed by atoms with Crippen molar-refractivity contribution < 1.29 is 29.0 Å². The molecule has 1 atom stereocenters. The third-order valence-corrected chi connectivity index (χ3v) is 6.04. The lowest BCUT2D eigenvalue weighted by Gasteiger charge is -2.15. The van der Waals surface area contributed by atoms with Gasteiger partial charge in [0.2, 0.25) is 18.6 Å². The Morgan fingerprint density at radius 3 is 2.51 bits per heavy atom. The summed E-state index contributed by atoms with van der Waals surface area (Å²) in [5.41, 5.74) is 14.1. The minimum atomic E-state index is -1.26. The van der Waals surface area contributed by atoms with E-state index in [9.17, 15) is 19.5 Å². The van der Waals surface area contributed by atoms with Crippen LogP contribution in [-0.4, -0.2) is 55.7 Å². The molecule has 2 aromatic carbocycles. The normalized spacial score (nSPS) is 12.5. The number of carboxylic acids is 1. The topological polar surface area (TPSA) is 230 Å². The Bertz CT molecular complexity index is 1630. The molecule has 3 heterocycles. The second-order valence-electron chi connectivity index (χ2n) is 8.95. The average Bonchev–Trinajstić information content (AvgIpc) is 3.42. The van der Waals surface area contributed by atoms with E-state index in [1.54, 1.807) is 42.5 Å². The minimum absolute atomic E-state index is 0.0112. The largest absolute Gasteiger partial charge is 0.480 e. The summed E-state index contributed by atoms with van der Waals surface area (Å²) in [6.45, 7) is 0.406. The summed E-state index contributed by atoms with van der Waals surface area (Å²) in [4.78, 5) is 53.3. The van der Waals surface area contributed by atoms with Crippen molar-refractivity contribution in [3.05, 3.63) is 59.9 Å². The van der Waals surface area contributed by atoms with Crippen LogP contribution in [-0.2, 0) is 16.1 Å². The van der Waals surface area contributed by atoms with Crippen LogP contribution in [0.15, 0.2) is 48.7 Å². The number of anilines is 4. The fourth-order valence-corrected chi connectivity index (χ4v) is 3.97. The van der Waals surface area contributed by atoms with Crippen LogP contribution in [0.4, 0.5) is 23.1 Å². The number of aromatic nitrogens is 4. The molecule has 41 heavy (non-hydrogen) atoms. The van der Waals surface area contributed by atoms with Crippen molar-refractivity contribution in [2.24, 2.45) is 0 Å². The number of nitrogens with one attached hydrogen (secondary N) is 3. The molecular formula is C26H25N9O6. The first kappa shape index (κ1) is 26.9. The van der Waals surface area contributed by atoms with Crippen LogP contribution in [0.1, 0.15) is 28.9 Å². The van der Waals surface area contributed by atoms with Gasteiger partial charge in [0.1, 0.15) is 6.04 Å². The van der Waals surface area contributed by atoms with E-state index in [2.05, 4.69) is 35.9 Å². The molecule has 15 nitrogen and oxygen atoms in total. The second kappa shape index (κ2) is 11.6. The Morgan fingerprint density at radius 1 is 0.976 bits per heavy atom. The van der Waals surface area contributed by atoms with E-state index in [-0.39, 0.29) is 37.0 Å². The molecule has 0 spiro atoms. The summed E-state index contributed by atoms with van der Waals surface area (Å²) in [5, 5.41) is 17.9. The summed E-state index contributed by atoms with van der Waals surface area (Å²) in [6.07, 6.45) is 1.30. The van der Waals surface area contributed by atoms with Crippen molar-refractivity contribution in [2.75, 3.05) is 28.9 Å². The standard InChI is InChI=1S/C26H25N9O6/c27-22-21-23(35-26(28)34-22)30-11-16(32-21)10-29-14-3-1-13(2-4-14)24(37)33-17(25(38)39)6-8-20(36)31-15-5-7-18-19(9-15)41-12-40-18/h1-5,7,9,11,17,29H,6,8,10,12H2,(H,31,36)(H,33,37)(H,38,39)(H4,27,28,30,34,35). The van der Waals surface area contributed by atoms with Crippen LogP contribution >= 0.6 is 0 Å². The maximum atomic E-state index is 12.7. The molecule has 0 bridgehead atoms. The molecule has 1 aliphatic rings. The van der Waals surface area contributed by atoms with Gasteiger partial charge >= 0.3 is 5.97 Å². The Balaban J connectivity index is 1.13. The molecular weight excluding hydrogens is 534 g/mol. The molecule has 5 rings (SSSR count). The van der Waals surface area contributed by atoms with Crippen LogP contribution in [0.25, 0.3) is 11.2 Å². The van der Waals surface area contributed by atoms with Crippen molar-refractivity contribution in [2.45, 2.75) is 25.4 Å². The van der Waals surface area contributed by atoms with Crippen molar-refractivity contribution >= 4 is 52.1 Å². The van der Waals surface area contributed by atoms with Gasteiger partial charge in [-0.25, -0.2) is 14.8 Å². The van der Waals surface area contributed by atoms with Crippen molar-refractivity contribution in [3.8, 4) is 11.5 Å². The van der Waals surface area contributed by atoms with Gasteiger partial charge < -0.3 is 42.0 Å². The predicted octanol–water partition coefficient (Wildman–Crippen LogP) is 1.53. The van der Waals surface area contributed by atoms with Crippen molar-refractivity contribution in [3.63, 3.8) is 0 Å². The van der Waals surface area contributed by atoms with E-state index in [4.69, 9.17) is 20.9 Å². The minimum Gasteiger partial charge on any atom is -0.480 e. The zero-order chi connectivity index (χ0) is 28.9. The van der Waals surface area contributed by atoms with Gasteiger partial charge in [-0.3, -0.25) is 9.59 Å². The molecule has 4 aromatic rings. The molecule has 210 valence electrons. The number of benzene rings is 2. The smallest absolute Gasteiger partial charge is 0.326 e. The summed E-state index contributed by atoms with van der Waals surface area (Å²) in [6, 6.07) is 10.1.